The highest BCUT2D eigenvalue weighted by atomic mass is 16.5. The van der Waals surface area contributed by atoms with Crippen molar-refractivity contribution in [2.45, 2.75) is 97.9 Å². The summed E-state index contributed by atoms with van der Waals surface area (Å²) in [7, 11) is 0. The molecule has 0 bridgehead atoms. The molecule has 1 aliphatic carbocycles. The van der Waals surface area contributed by atoms with Crippen LogP contribution in [0.3, 0.4) is 0 Å². The summed E-state index contributed by atoms with van der Waals surface area (Å²) in [6.45, 7) is 13.2. The fourth-order valence-electron chi connectivity index (χ4n) is 2.99. The third-order valence-electron chi connectivity index (χ3n) is 4.30. The van der Waals surface area contributed by atoms with E-state index in [0.717, 1.165) is 25.1 Å². The Morgan fingerprint density at radius 3 is 2.25 bits per heavy atom. The van der Waals surface area contributed by atoms with Gasteiger partial charge in [0.25, 0.3) is 0 Å². The zero-order chi connectivity index (χ0) is 17.8. The molecule has 24 heavy (non-hydrogen) atoms. The number of unbranched alkanes of at least 4 members (excludes halogenated alkanes) is 1. The summed E-state index contributed by atoms with van der Waals surface area (Å²) in [4.78, 5) is 4.46. The standard InChI is InChI=1S/C21H35NO2/c1-20(2,3)12-8-7-9-16-10-11-19(22-15-16)23-17-13-18(14-17)24-21(4,5)6/h10-11,15,17-18H,7-9,12-14H2,1-6H3. The summed E-state index contributed by atoms with van der Waals surface area (Å²) in [6, 6.07) is 4.16. The van der Waals surface area contributed by atoms with Crippen LogP contribution in [-0.4, -0.2) is 22.8 Å². The van der Waals surface area contributed by atoms with Crippen molar-refractivity contribution >= 4 is 0 Å². The monoisotopic (exact) mass is 333 g/mol. The summed E-state index contributed by atoms with van der Waals surface area (Å²) in [6.07, 6.45) is 9.37. The molecule has 2 rings (SSSR count). The Bertz CT molecular complexity index is 490. The number of aromatic nitrogens is 1. The second-order valence-corrected chi connectivity index (χ2v) is 9.34. The maximum Gasteiger partial charge on any atom is 0.213 e. The molecule has 1 aromatic rings. The van der Waals surface area contributed by atoms with Gasteiger partial charge in [0, 0.05) is 25.1 Å². The molecule has 1 saturated carbocycles. The van der Waals surface area contributed by atoms with Crippen molar-refractivity contribution in [2.24, 2.45) is 5.41 Å². The Hall–Kier alpha value is -1.09. The van der Waals surface area contributed by atoms with Crippen LogP contribution in [-0.2, 0) is 11.2 Å². The molecular weight excluding hydrogens is 298 g/mol. The van der Waals surface area contributed by atoms with Gasteiger partial charge in [-0.1, -0.05) is 33.3 Å². The fraction of sp³-hybridized carbons (Fsp3) is 0.762. The van der Waals surface area contributed by atoms with Gasteiger partial charge in [-0.3, -0.25) is 0 Å². The van der Waals surface area contributed by atoms with Crippen LogP contribution in [0.5, 0.6) is 5.88 Å². The van der Waals surface area contributed by atoms with Crippen LogP contribution in [0.2, 0.25) is 0 Å². The summed E-state index contributed by atoms with van der Waals surface area (Å²) < 4.78 is 11.9. The number of ether oxygens (including phenoxy) is 2. The minimum absolute atomic E-state index is 0.0669. The molecule has 1 fully saturated rings. The summed E-state index contributed by atoms with van der Waals surface area (Å²) in [5, 5.41) is 0. The van der Waals surface area contributed by atoms with Crippen molar-refractivity contribution < 1.29 is 9.47 Å². The van der Waals surface area contributed by atoms with Crippen molar-refractivity contribution in [2.75, 3.05) is 0 Å². The van der Waals surface area contributed by atoms with E-state index in [4.69, 9.17) is 9.47 Å². The maximum atomic E-state index is 5.94. The molecule has 1 aliphatic rings. The summed E-state index contributed by atoms with van der Waals surface area (Å²) in [5.41, 5.74) is 1.68. The zero-order valence-corrected chi connectivity index (χ0v) is 16.4. The third-order valence-corrected chi connectivity index (χ3v) is 4.30. The lowest BCUT2D eigenvalue weighted by Gasteiger charge is -2.38. The van der Waals surface area contributed by atoms with Gasteiger partial charge in [0.2, 0.25) is 5.88 Å². The van der Waals surface area contributed by atoms with Gasteiger partial charge < -0.3 is 9.47 Å². The minimum atomic E-state index is -0.0669. The minimum Gasteiger partial charge on any atom is -0.474 e. The van der Waals surface area contributed by atoms with Crippen LogP contribution in [0.4, 0.5) is 0 Å². The molecule has 0 saturated heterocycles. The average Bonchev–Trinajstić information content (AvgIpc) is 2.40. The van der Waals surface area contributed by atoms with E-state index in [0.29, 0.717) is 11.5 Å². The van der Waals surface area contributed by atoms with Gasteiger partial charge in [-0.25, -0.2) is 4.98 Å². The van der Waals surface area contributed by atoms with Crippen molar-refractivity contribution in [1.29, 1.82) is 0 Å². The highest BCUT2D eigenvalue weighted by Gasteiger charge is 2.34. The first kappa shape index (κ1) is 19.2. The quantitative estimate of drug-likeness (QED) is 0.612. The van der Waals surface area contributed by atoms with E-state index < -0.39 is 0 Å². The molecule has 0 amide bonds. The molecule has 1 heterocycles. The molecule has 0 aliphatic heterocycles. The topological polar surface area (TPSA) is 31.4 Å². The second-order valence-electron chi connectivity index (χ2n) is 9.34. The van der Waals surface area contributed by atoms with E-state index in [1.807, 2.05) is 12.3 Å². The Morgan fingerprint density at radius 1 is 1.00 bits per heavy atom. The van der Waals surface area contributed by atoms with E-state index in [1.54, 1.807) is 0 Å². The Morgan fingerprint density at radius 2 is 1.71 bits per heavy atom. The molecular formula is C21H35NO2. The van der Waals surface area contributed by atoms with E-state index in [-0.39, 0.29) is 11.7 Å². The van der Waals surface area contributed by atoms with Gasteiger partial charge >= 0.3 is 0 Å². The van der Waals surface area contributed by atoms with Crippen LogP contribution in [0.25, 0.3) is 0 Å². The lowest BCUT2D eigenvalue weighted by Crippen LogP contribution is -2.43. The number of aryl methyl sites for hydroxylation is 1. The molecule has 0 radical (unpaired) electrons. The van der Waals surface area contributed by atoms with E-state index in [9.17, 15) is 0 Å². The smallest absolute Gasteiger partial charge is 0.213 e. The van der Waals surface area contributed by atoms with Gasteiger partial charge in [0.15, 0.2) is 0 Å². The number of pyridine rings is 1. The van der Waals surface area contributed by atoms with Crippen LogP contribution in [0, 0.1) is 5.41 Å². The third kappa shape index (κ3) is 7.21. The molecule has 0 N–H and O–H groups in total. The van der Waals surface area contributed by atoms with E-state index in [2.05, 4.69) is 52.6 Å². The maximum absolute atomic E-state index is 5.94. The van der Waals surface area contributed by atoms with Crippen LogP contribution in [0.15, 0.2) is 18.3 Å². The first-order valence-electron chi connectivity index (χ1n) is 9.40. The van der Waals surface area contributed by atoms with Gasteiger partial charge in [-0.2, -0.15) is 0 Å². The van der Waals surface area contributed by atoms with Crippen molar-refractivity contribution in [3.05, 3.63) is 23.9 Å². The summed E-state index contributed by atoms with van der Waals surface area (Å²) >= 11 is 0. The van der Waals surface area contributed by atoms with Crippen molar-refractivity contribution in [3.8, 4) is 5.88 Å². The lowest BCUT2D eigenvalue weighted by atomic mass is 9.89. The SMILES string of the molecule is CC(C)(C)CCCCc1ccc(OC2CC(OC(C)(C)C)C2)nc1. The van der Waals surface area contributed by atoms with Gasteiger partial charge in [-0.15, -0.1) is 0 Å². The molecule has 0 unspecified atom stereocenters. The van der Waals surface area contributed by atoms with Crippen molar-refractivity contribution in [1.82, 2.24) is 4.98 Å². The molecule has 1 aromatic heterocycles. The molecule has 3 nitrogen and oxygen atoms in total. The Labute approximate surface area is 148 Å². The molecule has 3 heteroatoms. The van der Waals surface area contributed by atoms with Crippen LogP contribution < -0.4 is 4.74 Å². The van der Waals surface area contributed by atoms with Crippen LogP contribution in [0.1, 0.15) is 79.2 Å². The largest absolute Gasteiger partial charge is 0.474 e. The normalized spacial score (nSPS) is 21.4. The Balaban J connectivity index is 1.66. The van der Waals surface area contributed by atoms with Crippen LogP contribution >= 0.6 is 0 Å². The molecule has 0 aromatic carbocycles. The second kappa shape index (κ2) is 7.86. The number of hydrogen-bond acceptors (Lipinski definition) is 3. The van der Waals surface area contributed by atoms with E-state index in [1.165, 1.54) is 24.8 Å². The average molecular weight is 334 g/mol. The highest BCUT2D eigenvalue weighted by molar-refractivity contribution is 5.18. The molecule has 0 spiro atoms. The number of nitrogens with zero attached hydrogens (tertiary/aromatic N) is 1. The number of rotatable bonds is 7. The number of hydrogen-bond donors (Lipinski definition) is 0. The predicted molar refractivity (Wildman–Crippen MR) is 99.5 cm³/mol. The fourth-order valence-corrected chi connectivity index (χ4v) is 2.99. The van der Waals surface area contributed by atoms with Gasteiger partial charge in [0.05, 0.1) is 11.7 Å². The zero-order valence-electron chi connectivity index (χ0n) is 16.4. The Kier molecular flexibility index (Phi) is 6.30. The predicted octanol–water partition coefficient (Wildman–Crippen LogP) is 5.57. The van der Waals surface area contributed by atoms with E-state index >= 15 is 0 Å². The lowest BCUT2D eigenvalue weighted by molar-refractivity contribution is -0.127. The highest BCUT2D eigenvalue weighted by Crippen LogP contribution is 2.30. The van der Waals surface area contributed by atoms with Gasteiger partial charge in [-0.05, 0) is 51.0 Å². The first-order valence-corrected chi connectivity index (χ1v) is 9.40. The first-order chi connectivity index (χ1) is 11.1. The molecule has 0 atom stereocenters. The summed E-state index contributed by atoms with van der Waals surface area (Å²) in [5.74, 6) is 0.743. The van der Waals surface area contributed by atoms with Gasteiger partial charge in [0.1, 0.15) is 6.10 Å². The molecule has 136 valence electrons. The van der Waals surface area contributed by atoms with Crippen molar-refractivity contribution in [3.63, 3.8) is 0 Å².